The van der Waals surface area contributed by atoms with Gasteiger partial charge in [-0.25, -0.2) is 8.78 Å². The van der Waals surface area contributed by atoms with E-state index in [0.717, 1.165) is 16.8 Å². The molecule has 0 spiro atoms. The zero-order valence-electron chi connectivity index (χ0n) is 19.9. The zero-order valence-corrected chi connectivity index (χ0v) is 19.9. The molecule has 37 heavy (non-hydrogen) atoms. The summed E-state index contributed by atoms with van der Waals surface area (Å²) in [6.45, 7) is 1.97. The van der Waals surface area contributed by atoms with Crippen molar-refractivity contribution in [2.24, 2.45) is 0 Å². The fourth-order valence-electron chi connectivity index (χ4n) is 4.90. The number of piperazine rings is 1. The smallest absolute Gasteiger partial charge is 0.305 e. The summed E-state index contributed by atoms with van der Waals surface area (Å²) in [4.78, 5) is 17.0. The molecule has 0 saturated carbocycles. The van der Waals surface area contributed by atoms with E-state index >= 15 is 4.39 Å². The molecule has 0 N–H and O–H groups in total. The Morgan fingerprint density at radius 1 is 0.703 bits per heavy atom. The van der Waals surface area contributed by atoms with Crippen molar-refractivity contribution in [2.45, 2.75) is 5.79 Å². The van der Waals surface area contributed by atoms with Crippen LogP contribution in [0.3, 0.4) is 0 Å². The van der Waals surface area contributed by atoms with Crippen molar-refractivity contribution in [3.8, 4) is 11.5 Å². The predicted octanol–water partition coefficient (Wildman–Crippen LogP) is 5.60. The number of carbonyl (C=O) groups excluding carboxylic acids is 1. The van der Waals surface area contributed by atoms with Crippen LogP contribution in [-0.4, -0.2) is 37.0 Å². The monoisotopic (exact) mass is 498 g/mol. The molecular weight excluding hydrogens is 474 g/mol. The van der Waals surface area contributed by atoms with Crippen LogP contribution in [0.15, 0.2) is 97.1 Å². The van der Waals surface area contributed by atoms with Gasteiger partial charge in [-0.1, -0.05) is 60.7 Å². The quantitative estimate of drug-likeness (QED) is 0.367. The Labute approximate surface area is 213 Å². The summed E-state index contributed by atoms with van der Waals surface area (Å²) in [5.41, 5.74) is 2.33. The maximum absolute atomic E-state index is 15.3. The molecule has 1 fully saturated rings. The van der Waals surface area contributed by atoms with E-state index in [-0.39, 0.29) is 17.1 Å². The predicted molar refractivity (Wildman–Crippen MR) is 136 cm³/mol. The molecule has 5 nitrogen and oxygen atoms in total. The van der Waals surface area contributed by atoms with Gasteiger partial charge in [0.05, 0.1) is 5.56 Å². The first-order chi connectivity index (χ1) is 18.0. The highest BCUT2D eigenvalue weighted by Crippen LogP contribution is 2.48. The molecule has 0 aliphatic carbocycles. The summed E-state index contributed by atoms with van der Waals surface area (Å²) >= 11 is 0. The van der Waals surface area contributed by atoms with E-state index in [1.807, 2.05) is 60.7 Å². The summed E-state index contributed by atoms with van der Waals surface area (Å²) in [5, 5.41) is 0. The zero-order chi connectivity index (χ0) is 25.4. The maximum Gasteiger partial charge on any atom is 0.305 e. The SMILES string of the molecule is O=C(c1cc2c(cc1F)OC(c1ccccc1)(c1ccccc1)O2)N1CCN(c2ccc(F)cc2)CC1. The number of nitrogens with zero attached hydrogens (tertiary/aromatic N) is 2. The summed E-state index contributed by atoms with van der Waals surface area (Å²) in [5.74, 6) is -2.10. The Bertz CT molecular complexity index is 1380. The molecule has 7 heteroatoms. The number of amides is 1. The minimum Gasteiger partial charge on any atom is -0.440 e. The van der Waals surface area contributed by atoms with Gasteiger partial charge >= 0.3 is 5.79 Å². The first kappa shape index (κ1) is 23.0. The highest BCUT2D eigenvalue weighted by molar-refractivity contribution is 5.95. The molecule has 1 saturated heterocycles. The van der Waals surface area contributed by atoms with Crippen molar-refractivity contribution >= 4 is 11.6 Å². The van der Waals surface area contributed by atoms with Gasteiger partial charge in [-0.15, -0.1) is 0 Å². The second-order valence-electron chi connectivity index (χ2n) is 9.09. The lowest BCUT2D eigenvalue weighted by Gasteiger charge is -2.36. The highest BCUT2D eigenvalue weighted by Gasteiger charge is 2.46. The van der Waals surface area contributed by atoms with Gasteiger partial charge in [0.25, 0.3) is 5.91 Å². The molecule has 1 amide bonds. The topological polar surface area (TPSA) is 42.0 Å². The standard InChI is InChI=1S/C30H24F2N2O3/c31-23-11-13-24(14-12-23)33-15-17-34(18-16-33)29(35)25-19-27-28(20-26(25)32)37-30(36-27,21-7-3-1-4-8-21)22-9-5-2-6-10-22/h1-14,19-20H,15-18H2. The summed E-state index contributed by atoms with van der Waals surface area (Å²) < 4.78 is 41.2. The van der Waals surface area contributed by atoms with Crippen LogP contribution in [-0.2, 0) is 5.79 Å². The number of halogens is 2. The third-order valence-corrected chi connectivity index (χ3v) is 6.84. The highest BCUT2D eigenvalue weighted by atomic mass is 19.1. The van der Waals surface area contributed by atoms with Crippen LogP contribution in [0, 0.1) is 11.6 Å². The van der Waals surface area contributed by atoms with Crippen molar-refractivity contribution in [1.29, 1.82) is 0 Å². The number of benzene rings is 4. The lowest BCUT2D eigenvalue weighted by atomic mass is 9.97. The summed E-state index contributed by atoms with van der Waals surface area (Å²) in [6.07, 6.45) is 0. The van der Waals surface area contributed by atoms with Gasteiger partial charge < -0.3 is 19.3 Å². The molecule has 0 aromatic heterocycles. The van der Waals surface area contributed by atoms with Crippen LogP contribution in [0.5, 0.6) is 11.5 Å². The Hall–Kier alpha value is -4.39. The molecule has 0 unspecified atom stereocenters. The van der Waals surface area contributed by atoms with Crippen molar-refractivity contribution < 1.29 is 23.0 Å². The molecule has 186 valence electrons. The normalized spacial score (nSPS) is 16.1. The van der Waals surface area contributed by atoms with Gasteiger partial charge in [-0.05, 0) is 30.3 Å². The van der Waals surface area contributed by atoms with Crippen molar-refractivity contribution in [3.63, 3.8) is 0 Å². The van der Waals surface area contributed by atoms with Gasteiger partial charge in [0.2, 0.25) is 0 Å². The van der Waals surface area contributed by atoms with E-state index in [9.17, 15) is 9.18 Å². The van der Waals surface area contributed by atoms with Crippen LogP contribution >= 0.6 is 0 Å². The first-order valence-electron chi connectivity index (χ1n) is 12.2. The van der Waals surface area contributed by atoms with Crippen LogP contribution in [0.1, 0.15) is 21.5 Å². The van der Waals surface area contributed by atoms with Crippen molar-refractivity contribution in [1.82, 2.24) is 4.90 Å². The Kier molecular flexibility index (Phi) is 5.75. The molecule has 0 radical (unpaired) electrons. The number of rotatable bonds is 4. The van der Waals surface area contributed by atoms with E-state index in [1.54, 1.807) is 17.0 Å². The molecule has 4 aromatic carbocycles. The Morgan fingerprint density at radius 3 is 1.81 bits per heavy atom. The lowest BCUT2D eigenvalue weighted by Crippen LogP contribution is -2.49. The fraction of sp³-hybridized carbons (Fsp3) is 0.167. The van der Waals surface area contributed by atoms with E-state index in [4.69, 9.17) is 9.47 Å². The first-order valence-corrected chi connectivity index (χ1v) is 12.2. The largest absolute Gasteiger partial charge is 0.440 e. The Morgan fingerprint density at radius 2 is 1.24 bits per heavy atom. The second kappa shape index (κ2) is 9.24. The minimum absolute atomic E-state index is 0.0606. The number of carbonyl (C=O) groups is 1. The number of anilines is 1. The molecule has 0 atom stereocenters. The van der Waals surface area contributed by atoms with E-state index in [1.165, 1.54) is 24.3 Å². The summed E-state index contributed by atoms with van der Waals surface area (Å²) in [7, 11) is 0. The molecule has 2 heterocycles. The van der Waals surface area contributed by atoms with Crippen LogP contribution < -0.4 is 14.4 Å². The maximum atomic E-state index is 15.3. The average molecular weight is 499 g/mol. The van der Waals surface area contributed by atoms with E-state index in [2.05, 4.69) is 4.90 Å². The van der Waals surface area contributed by atoms with Crippen LogP contribution in [0.2, 0.25) is 0 Å². The average Bonchev–Trinajstić information content (AvgIpc) is 3.33. The van der Waals surface area contributed by atoms with Gasteiger partial charge in [0.15, 0.2) is 11.5 Å². The lowest BCUT2D eigenvalue weighted by molar-refractivity contribution is -0.0459. The third kappa shape index (κ3) is 4.16. The fourth-order valence-corrected chi connectivity index (χ4v) is 4.90. The number of hydrogen-bond acceptors (Lipinski definition) is 4. The molecule has 2 aliphatic heterocycles. The molecular formula is C30H24F2N2O3. The summed E-state index contributed by atoms with van der Waals surface area (Å²) in [6, 6.07) is 27.8. The van der Waals surface area contributed by atoms with Crippen molar-refractivity contribution in [2.75, 3.05) is 31.1 Å². The van der Waals surface area contributed by atoms with E-state index in [0.29, 0.717) is 31.9 Å². The van der Waals surface area contributed by atoms with E-state index < -0.39 is 17.5 Å². The minimum atomic E-state index is -1.29. The van der Waals surface area contributed by atoms with Gasteiger partial charge in [-0.3, -0.25) is 4.79 Å². The number of ether oxygens (including phenoxy) is 2. The van der Waals surface area contributed by atoms with Gasteiger partial charge in [0.1, 0.15) is 11.6 Å². The van der Waals surface area contributed by atoms with Crippen LogP contribution in [0.25, 0.3) is 0 Å². The molecule has 2 aliphatic rings. The van der Waals surface area contributed by atoms with Crippen molar-refractivity contribution in [3.05, 3.63) is 125 Å². The molecule has 0 bridgehead atoms. The number of hydrogen-bond donors (Lipinski definition) is 0. The number of fused-ring (bicyclic) bond motifs is 1. The Balaban J connectivity index is 1.25. The van der Waals surface area contributed by atoms with Crippen LogP contribution in [0.4, 0.5) is 14.5 Å². The molecule has 4 aromatic rings. The third-order valence-electron chi connectivity index (χ3n) is 6.84. The van der Waals surface area contributed by atoms with Gasteiger partial charge in [-0.2, -0.15) is 0 Å². The molecule has 6 rings (SSSR count). The second-order valence-corrected chi connectivity index (χ2v) is 9.09. The van der Waals surface area contributed by atoms with Gasteiger partial charge in [0, 0.05) is 49.1 Å².